The maximum atomic E-state index is 13.3. The van der Waals surface area contributed by atoms with E-state index in [4.69, 9.17) is 0 Å². The Morgan fingerprint density at radius 1 is 0.862 bits per heavy atom. The molecule has 0 saturated carbocycles. The molecular weight excluding hydrogens is 369 g/mol. The number of halogens is 1. The van der Waals surface area contributed by atoms with E-state index in [1.807, 2.05) is 24.3 Å². The number of hydrogen-bond donors (Lipinski definition) is 2. The van der Waals surface area contributed by atoms with Gasteiger partial charge in [-0.25, -0.2) is 4.39 Å². The van der Waals surface area contributed by atoms with Gasteiger partial charge in [-0.15, -0.1) is 0 Å². The van der Waals surface area contributed by atoms with Crippen molar-refractivity contribution in [2.45, 2.75) is 26.2 Å². The van der Waals surface area contributed by atoms with Gasteiger partial charge in [0.25, 0.3) is 11.8 Å². The van der Waals surface area contributed by atoms with Crippen LogP contribution < -0.4 is 10.6 Å². The van der Waals surface area contributed by atoms with E-state index in [0.717, 1.165) is 5.56 Å². The highest BCUT2D eigenvalue weighted by Gasteiger charge is 2.19. The van der Waals surface area contributed by atoms with E-state index >= 15 is 0 Å². The molecule has 2 aromatic carbocycles. The molecule has 2 N–H and O–H groups in total. The lowest BCUT2D eigenvalue weighted by Crippen LogP contribution is -2.19. The number of nitrogens with one attached hydrogen (secondary N) is 2. The fourth-order valence-electron chi connectivity index (χ4n) is 2.90. The Bertz CT molecular complexity index is 1060. The molecule has 0 spiro atoms. The Morgan fingerprint density at radius 3 is 2.17 bits per heavy atom. The van der Waals surface area contributed by atoms with E-state index in [0.29, 0.717) is 11.4 Å². The summed E-state index contributed by atoms with van der Waals surface area (Å²) in [5.41, 5.74) is 2.34. The summed E-state index contributed by atoms with van der Waals surface area (Å²) in [5.74, 6) is -1.30. The van der Waals surface area contributed by atoms with Gasteiger partial charge < -0.3 is 10.6 Å². The minimum atomic E-state index is -0.479. The first kappa shape index (κ1) is 20.2. The zero-order chi connectivity index (χ0) is 21.0. The van der Waals surface area contributed by atoms with Crippen molar-refractivity contribution in [1.29, 1.82) is 0 Å². The van der Waals surface area contributed by atoms with Crippen LogP contribution in [0.4, 0.5) is 15.8 Å². The second-order valence-electron chi connectivity index (χ2n) is 7.68. The highest BCUT2D eigenvalue weighted by Crippen LogP contribution is 2.29. The molecule has 0 aliphatic rings. The van der Waals surface area contributed by atoms with E-state index < -0.39 is 11.7 Å². The van der Waals surface area contributed by atoms with Crippen molar-refractivity contribution in [3.8, 4) is 0 Å². The molecule has 0 bridgehead atoms. The zero-order valence-electron chi connectivity index (χ0n) is 16.5. The molecule has 0 saturated heterocycles. The number of pyridine rings is 1. The van der Waals surface area contributed by atoms with Crippen LogP contribution in [0.3, 0.4) is 0 Å². The Morgan fingerprint density at radius 2 is 1.52 bits per heavy atom. The van der Waals surface area contributed by atoms with Crippen LogP contribution in [0.25, 0.3) is 0 Å². The SMILES string of the molecule is CC(C)(C)c1ccccc1NC(=O)c1cncc(C(=O)Nc2cccc(F)c2)c1. The Hall–Kier alpha value is -3.54. The number of rotatable bonds is 4. The third kappa shape index (κ3) is 5.04. The summed E-state index contributed by atoms with van der Waals surface area (Å²) in [6, 6.07) is 14.6. The van der Waals surface area contributed by atoms with Crippen molar-refractivity contribution < 1.29 is 14.0 Å². The van der Waals surface area contributed by atoms with Gasteiger partial charge in [-0.3, -0.25) is 14.6 Å². The monoisotopic (exact) mass is 391 g/mol. The van der Waals surface area contributed by atoms with Crippen LogP contribution in [0.1, 0.15) is 47.1 Å². The van der Waals surface area contributed by atoms with E-state index in [1.54, 1.807) is 6.07 Å². The first-order chi connectivity index (χ1) is 13.7. The van der Waals surface area contributed by atoms with Crippen LogP contribution in [0.15, 0.2) is 67.0 Å². The molecule has 3 rings (SSSR count). The van der Waals surface area contributed by atoms with Gasteiger partial charge in [0.1, 0.15) is 5.82 Å². The summed E-state index contributed by atoms with van der Waals surface area (Å²) in [4.78, 5) is 29.2. The third-order valence-electron chi connectivity index (χ3n) is 4.33. The van der Waals surface area contributed by atoms with E-state index in [2.05, 4.69) is 36.4 Å². The minimum Gasteiger partial charge on any atom is -0.322 e. The molecule has 5 nitrogen and oxygen atoms in total. The lowest BCUT2D eigenvalue weighted by atomic mass is 9.86. The highest BCUT2D eigenvalue weighted by molar-refractivity contribution is 6.08. The lowest BCUT2D eigenvalue weighted by Gasteiger charge is -2.23. The summed E-state index contributed by atoms with van der Waals surface area (Å²) in [6.07, 6.45) is 2.75. The van der Waals surface area contributed by atoms with Crippen molar-refractivity contribution in [3.05, 3.63) is 89.5 Å². The quantitative estimate of drug-likeness (QED) is 0.656. The predicted molar refractivity (Wildman–Crippen MR) is 112 cm³/mol. The fourth-order valence-corrected chi connectivity index (χ4v) is 2.90. The largest absolute Gasteiger partial charge is 0.322 e. The van der Waals surface area contributed by atoms with Crippen LogP contribution in [0.5, 0.6) is 0 Å². The lowest BCUT2D eigenvalue weighted by molar-refractivity contribution is 0.102. The van der Waals surface area contributed by atoms with Crippen molar-refractivity contribution >= 4 is 23.2 Å². The van der Waals surface area contributed by atoms with Crippen molar-refractivity contribution in [1.82, 2.24) is 4.98 Å². The Labute approximate surface area is 169 Å². The number of anilines is 2. The molecule has 0 unspecified atom stereocenters. The summed E-state index contributed by atoms with van der Waals surface area (Å²) < 4.78 is 13.3. The summed E-state index contributed by atoms with van der Waals surface area (Å²) in [6.45, 7) is 6.20. The summed E-state index contributed by atoms with van der Waals surface area (Å²) >= 11 is 0. The number of amides is 2. The molecule has 148 valence electrons. The summed E-state index contributed by atoms with van der Waals surface area (Å²) in [5, 5.41) is 5.49. The number of nitrogens with zero attached hydrogens (tertiary/aromatic N) is 1. The number of benzene rings is 2. The molecule has 0 aliphatic carbocycles. The fraction of sp³-hybridized carbons (Fsp3) is 0.174. The molecule has 0 radical (unpaired) electrons. The molecule has 1 aromatic heterocycles. The molecule has 0 atom stereocenters. The minimum absolute atomic E-state index is 0.144. The zero-order valence-corrected chi connectivity index (χ0v) is 16.5. The van der Waals surface area contributed by atoms with E-state index in [1.165, 1.54) is 36.7 Å². The maximum absolute atomic E-state index is 13.3. The average Bonchev–Trinajstić information content (AvgIpc) is 2.67. The number of carbonyl (C=O) groups is 2. The van der Waals surface area contributed by atoms with E-state index in [-0.39, 0.29) is 22.4 Å². The number of carbonyl (C=O) groups excluding carboxylic acids is 2. The molecule has 2 amide bonds. The smallest absolute Gasteiger partial charge is 0.257 e. The second-order valence-corrected chi connectivity index (χ2v) is 7.68. The molecule has 29 heavy (non-hydrogen) atoms. The van der Waals surface area contributed by atoms with Gasteiger partial charge in [0.2, 0.25) is 0 Å². The number of hydrogen-bond acceptors (Lipinski definition) is 3. The van der Waals surface area contributed by atoms with Crippen LogP contribution in [-0.4, -0.2) is 16.8 Å². The second kappa shape index (κ2) is 8.22. The topological polar surface area (TPSA) is 71.1 Å². The van der Waals surface area contributed by atoms with Crippen molar-refractivity contribution in [2.75, 3.05) is 10.6 Å². The normalized spacial score (nSPS) is 11.0. The molecule has 6 heteroatoms. The van der Waals surface area contributed by atoms with Crippen molar-refractivity contribution in [3.63, 3.8) is 0 Å². The van der Waals surface area contributed by atoms with Crippen LogP contribution in [0, 0.1) is 5.82 Å². The van der Waals surface area contributed by atoms with Gasteiger partial charge in [-0.2, -0.15) is 0 Å². The summed E-state index contributed by atoms with van der Waals surface area (Å²) in [7, 11) is 0. The van der Waals surface area contributed by atoms with Crippen molar-refractivity contribution in [2.24, 2.45) is 0 Å². The Kier molecular flexibility index (Phi) is 5.73. The van der Waals surface area contributed by atoms with Gasteiger partial charge in [0, 0.05) is 23.8 Å². The maximum Gasteiger partial charge on any atom is 0.257 e. The van der Waals surface area contributed by atoms with Gasteiger partial charge in [-0.05, 0) is 41.3 Å². The predicted octanol–water partition coefficient (Wildman–Crippen LogP) is 5.02. The first-order valence-electron chi connectivity index (χ1n) is 9.17. The molecule has 0 aliphatic heterocycles. The van der Waals surface area contributed by atoms with Crippen LogP contribution in [-0.2, 0) is 5.41 Å². The van der Waals surface area contributed by atoms with Crippen LogP contribution >= 0.6 is 0 Å². The third-order valence-corrected chi connectivity index (χ3v) is 4.33. The molecule has 3 aromatic rings. The van der Waals surface area contributed by atoms with Gasteiger partial charge in [0.05, 0.1) is 11.1 Å². The molecule has 1 heterocycles. The van der Waals surface area contributed by atoms with Gasteiger partial charge in [-0.1, -0.05) is 45.0 Å². The first-order valence-corrected chi connectivity index (χ1v) is 9.17. The highest BCUT2D eigenvalue weighted by atomic mass is 19.1. The van der Waals surface area contributed by atoms with Crippen LogP contribution in [0.2, 0.25) is 0 Å². The number of aromatic nitrogens is 1. The van der Waals surface area contributed by atoms with Gasteiger partial charge in [0.15, 0.2) is 0 Å². The molecule has 0 fully saturated rings. The Balaban J connectivity index is 1.79. The average molecular weight is 391 g/mol. The van der Waals surface area contributed by atoms with Gasteiger partial charge >= 0.3 is 0 Å². The standard InChI is InChI=1S/C23H22FN3O2/c1-23(2,3)19-9-4-5-10-20(19)27-22(29)16-11-15(13-25-14-16)21(28)26-18-8-6-7-17(24)12-18/h4-14H,1-3H3,(H,26,28)(H,27,29). The van der Waals surface area contributed by atoms with E-state index in [9.17, 15) is 14.0 Å². The number of para-hydroxylation sites is 1. The molecular formula is C23H22FN3O2.